The van der Waals surface area contributed by atoms with Crippen molar-refractivity contribution in [1.82, 2.24) is 14.1 Å². The van der Waals surface area contributed by atoms with Gasteiger partial charge in [0.25, 0.3) is 0 Å². The van der Waals surface area contributed by atoms with Crippen molar-refractivity contribution in [1.29, 1.82) is 0 Å². The van der Waals surface area contributed by atoms with Crippen LogP contribution >= 0.6 is 0 Å². The molecular formula is C54H38N4O3S. The number of sulfone groups is 1. The van der Waals surface area contributed by atoms with Crippen LogP contribution < -0.4 is 9.64 Å². The molecule has 11 rings (SSSR count). The molecule has 3 aromatic heterocycles. The highest BCUT2D eigenvalue weighted by atomic mass is 32.2. The number of rotatable bonds is 8. The van der Waals surface area contributed by atoms with E-state index in [-0.39, 0.29) is 9.79 Å². The summed E-state index contributed by atoms with van der Waals surface area (Å²) in [5.41, 5.74) is 10.9. The minimum Gasteiger partial charge on any atom is -0.453 e. The van der Waals surface area contributed by atoms with Crippen LogP contribution in [0.4, 0.5) is 17.2 Å². The average Bonchev–Trinajstić information content (AvgIpc) is 3.80. The molecule has 7 aromatic carbocycles. The maximum Gasteiger partial charge on any atom is 0.206 e. The summed E-state index contributed by atoms with van der Waals surface area (Å²) in [6.07, 6.45) is 7.68. The molecule has 0 unspecified atom stereocenters. The van der Waals surface area contributed by atoms with Crippen molar-refractivity contribution in [3.8, 4) is 34.0 Å². The Balaban J connectivity index is 0.902. The summed E-state index contributed by atoms with van der Waals surface area (Å²) in [7, 11) is -3.80. The van der Waals surface area contributed by atoms with Crippen molar-refractivity contribution < 1.29 is 13.2 Å². The first-order valence-corrected chi connectivity index (χ1v) is 21.9. The van der Waals surface area contributed by atoms with E-state index in [2.05, 4.69) is 88.2 Å². The van der Waals surface area contributed by atoms with Crippen LogP contribution in [-0.4, -0.2) is 22.5 Å². The van der Waals surface area contributed by atoms with Crippen LogP contribution in [0, 0.1) is 6.92 Å². The van der Waals surface area contributed by atoms with Crippen molar-refractivity contribution in [2.45, 2.75) is 16.7 Å². The lowest BCUT2D eigenvalue weighted by Crippen LogP contribution is -2.16. The van der Waals surface area contributed by atoms with Gasteiger partial charge in [-0.2, -0.15) is 0 Å². The van der Waals surface area contributed by atoms with E-state index in [1.807, 2.05) is 109 Å². The number of pyridine rings is 1. The number of hydrogen-bond acceptors (Lipinski definition) is 5. The first-order valence-electron chi connectivity index (χ1n) is 20.4. The van der Waals surface area contributed by atoms with E-state index >= 15 is 0 Å². The van der Waals surface area contributed by atoms with Crippen LogP contribution in [0.3, 0.4) is 0 Å². The summed E-state index contributed by atoms with van der Waals surface area (Å²) >= 11 is 0. The van der Waals surface area contributed by atoms with Gasteiger partial charge in [-0.15, -0.1) is 0 Å². The van der Waals surface area contributed by atoms with Crippen LogP contribution in [0.2, 0.25) is 0 Å². The zero-order valence-electron chi connectivity index (χ0n) is 33.7. The van der Waals surface area contributed by atoms with Gasteiger partial charge in [-0.05, 0) is 122 Å². The molecule has 0 atom stereocenters. The smallest absolute Gasteiger partial charge is 0.206 e. The SMILES string of the molecule is C=C/C=C\c1c(C)n(-c2ccc(S(=O)(=O)c3ccc(-n4c5ccccc5c5cc(-c6ccc(N7c8ccccc8Oc8ccccc87)nc6)ccc54)cc3)cc2)c2ccccc12. The molecule has 0 spiro atoms. The molecule has 8 heteroatoms. The Bertz CT molecular complexity index is 3480. The van der Waals surface area contributed by atoms with Crippen LogP contribution in [0.15, 0.2) is 211 Å². The minimum absolute atomic E-state index is 0.233. The van der Waals surface area contributed by atoms with E-state index in [4.69, 9.17) is 9.72 Å². The Labute approximate surface area is 359 Å². The predicted octanol–water partition coefficient (Wildman–Crippen LogP) is 13.7. The molecule has 298 valence electrons. The van der Waals surface area contributed by atoms with E-state index in [1.165, 1.54) is 0 Å². The molecule has 62 heavy (non-hydrogen) atoms. The van der Waals surface area contributed by atoms with Gasteiger partial charge in [-0.25, -0.2) is 13.4 Å². The third-order valence-corrected chi connectivity index (χ3v) is 13.6. The van der Waals surface area contributed by atoms with Crippen molar-refractivity contribution in [3.63, 3.8) is 0 Å². The number of aromatic nitrogens is 3. The topological polar surface area (TPSA) is 69.4 Å². The summed E-state index contributed by atoms with van der Waals surface area (Å²) in [5.74, 6) is 2.36. The first kappa shape index (κ1) is 37.1. The van der Waals surface area contributed by atoms with Crippen LogP contribution in [0.1, 0.15) is 11.3 Å². The van der Waals surface area contributed by atoms with Crippen LogP contribution in [0.25, 0.3) is 61.3 Å². The lowest BCUT2D eigenvalue weighted by Gasteiger charge is -2.31. The summed E-state index contributed by atoms with van der Waals surface area (Å²) in [4.78, 5) is 7.58. The van der Waals surface area contributed by atoms with Gasteiger partial charge >= 0.3 is 0 Å². The fraction of sp³-hybridized carbons (Fsp3) is 0.0185. The number of nitrogens with zero attached hydrogens (tertiary/aromatic N) is 4. The van der Waals surface area contributed by atoms with Gasteiger partial charge in [0.2, 0.25) is 9.84 Å². The van der Waals surface area contributed by atoms with E-state index < -0.39 is 9.84 Å². The molecule has 0 aliphatic carbocycles. The molecule has 0 amide bonds. The third-order valence-electron chi connectivity index (χ3n) is 11.8. The number of anilines is 3. The summed E-state index contributed by atoms with van der Waals surface area (Å²) < 4.78 is 38.7. The molecule has 4 heterocycles. The first-order chi connectivity index (χ1) is 30.4. The third kappa shape index (κ3) is 5.95. The molecule has 7 nitrogen and oxygen atoms in total. The summed E-state index contributed by atoms with van der Waals surface area (Å²) in [5, 5.41) is 3.31. The number of allylic oxidation sites excluding steroid dienone is 2. The molecule has 1 aliphatic rings. The Morgan fingerprint density at radius 2 is 1.11 bits per heavy atom. The highest BCUT2D eigenvalue weighted by molar-refractivity contribution is 7.91. The maximum atomic E-state index is 14.1. The number of benzene rings is 7. The van der Waals surface area contributed by atoms with E-state index in [0.717, 1.165) is 95.2 Å². The lowest BCUT2D eigenvalue weighted by atomic mass is 10.0. The molecular weight excluding hydrogens is 785 g/mol. The second-order valence-corrected chi connectivity index (χ2v) is 17.2. The molecule has 10 aromatic rings. The molecule has 1 aliphatic heterocycles. The highest BCUT2D eigenvalue weighted by Crippen LogP contribution is 2.49. The Hall–Kier alpha value is -7.94. The number of para-hydroxylation sites is 6. The monoisotopic (exact) mass is 822 g/mol. The predicted molar refractivity (Wildman–Crippen MR) is 251 cm³/mol. The second kappa shape index (κ2) is 14.7. The molecule has 0 bridgehead atoms. The van der Waals surface area contributed by atoms with Gasteiger partial charge < -0.3 is 13.9 Å². The number of fused-ring (bicyclic) bond motifs is 6. The van der Waals surface area contributed by atoms with Gasteiger partial charge in [0.1, 0.15) is 5.82 Å². The molecule has 0 saturated heterocycles. The molecule has 0 saturated carbocycles. The second-order valence-electron chi connectivity index (χ2n) is 15.3. The molecule has 0 radical (unpaired) electrons. The Kier molecular flexibility index (Phi) is 8.77. The van der Waals surface area contributed by atoms with Gasteiger partial charge in [0.15, 0.2) is 11.5 Å². The van der Waals surface area contributed by atoms with Crippen molar-refractivity contribution in [2.24, 2.45) is 0 Å². The van der Waals surface area contributed by atoms with Crippen molar-refractivity contribution in [2.75, 3.05) is 4.90 Å². The normalized spacial score (nSPS) is 12.5. The summed E-state index contributed by atoms with van der Waals surface area (Å²) in [6, 6.07) is 57.5. The van der Waals surface area contributed by atoms with Crippen molar-refractivity contribution >= 4 is 65.8 Å². The molecule has 0 N–H and O–H groups in total. The Morgan fingerprint density at radius 1 is 0.565 bits per heavy atom. The Morgan fingerprint density at radius 3 is 1.74 bits per heavy atom. The van der Waals surface area contributed by atoms with Gasteiger partial charge in [0, 0.05) is 50.6 Å². The average molecular weight is 823 g/mol. The summed E-state index contributed by atoms with van der Waals surface area (Å²) in [6.45, 7) is 5.90. The van der Waals surface area contributed by atoms with Gasteiger partial charge in [-0.1, -0.05) is 91.5 Å². The zero-order chi connectivity index (χ0) is 42.0. The van der Waals surface area contributed by atoms with Crippen LogP contribution in [-0.2, 0) is 9.84 Å². The largest absolute Gasteiger partial charge is 0.453 e. The maximum absolute atomic E-state index is 14.1. The van der Waals surface area contributed by atoms with Crippen molar-refractivity contribution in [3.05, 3.63) is 212 Å². The number of hydrogen-bond donors (Lipinski definition) is 0. The van der Waals surface area contributed by atoms with E-state index in [1.54, 1.807) is 30.3 Å². The fourth-order valence-electron chi connectivity index (χ4n) is 8.86. The van der Waals surface area contributed by atoms with Gasteiger partial charge in [-0.3, -0.25) is 4.90 Å². The standard InChI is InChI=1S/C54H38N4O3S/c1-3-4-13-43-36(2)56(47-16-7-5-14-44(43)47)39-24-28-41(29-25-39)62(59,60)42-30-26-40(27-31-42)57-48-17-8-6-15-45(48)46-34-37(22-32-49(46)57)38-23-33-54(55-35-38)58-50-18-9-11-20-52(50)61-53-21-12-10-19-51(53)58/h3-35H,1H2,2H3/b13-4-. The van der Waals surface area contributed by atoms with E-state index in [0.29, 0.717) is 0 Å². The fourth-order valence-corrected chi connectivity index (χ4v) is 10.1. The number of ether oxygens (including phenoxy) is 1. The zero-order valence-corrected chi connectivity index (χ0v) is 34.5. The van der Waals surface area contributed by atoms with Gasteiger partial charge in [0.05, 0.1) is 37.7 Å². The van der Waals surface area contributed by atoms with E-state index in [9.17, 15) is 8.42 Å². The van der Waals surface area contributed by atoms with Crippen LogP contribution in [0.5, 0.6) is 11.5 Å². The minimum atomic E-state index is -3.80. The lowest BCUT2D eigenvalue weighted by molar-refractivity contribution is 0.476. The quantitative estimate of drug-likeness (QED) is 0.143. The highest BCUT2D eigenvalue weighted by Gasteiger charge is 2.26. The molecule has 0 fully saturated rings.